The van der Waals surface area contributed by atoms with Gasteiger partial charge in [-0.1, -0.05) is 46.9 Å². The normalized spacial score (nSPS) is 14.6. The van der Waals surface area contributed by atoms with Crippen LogP contribution in [0.3, 0.4) is 0 Å². The van der Waals surface area contributed by atoms with Crippen LogP contribution >= 0.6 is 34.8 Å². The molecule has 4 rings (SSSR count). The lowest BCUT2D eigenvalue weighted by Crippen LogP contribution is -2.54. The van der Waals surface area contributed by atoms with Gasteiger partial charge in [0.15, 0.2) is 0 Å². The van der Waals surface area contributed by atoms with Gasteiger partial charge in [-0.15, -0.1) is 0 Å². The van der Waals surface area contributed by atoms with Crippen molar-refractivity contribution in [2.45, 2.75) is 6.61 Å². The van der Waals surface area contributed by atoms with E-state index in [0.717, 1.165) is 10.5 Å². The van der Waals surface area contributed by atoms with Crippen molar-refractivity contribution in [2.24, 2.45) is 0 Å². The summed E-state index contributed by atoms with van der Waals surface area (Å²) < 4.78 is 16.4. The summed E-state index contributed by atoms with van der Waals surface area (Å²) in [5.41, 5.74) is 0.920. The van der Waals surface area contributed by atoms with Crippen LogP contribution in [-0.2, 0) is 16.2 Å². The summed E-state index contributed by atoms with van der Waals surface area (Å²) in [5, 5.41) is 3.33. The summed E-state index contributed by atoms with van der Waals surface area (Å²) in [5.74, 6) is -1.08. The first kappa shape index (κ1) is 26.3. The average Bonchev–Trinajstić information content (AvgIpc) is 2.87. The number of urea groups is 1. The quantitative estimate of drug-likeness (QED) is 0.285. The third kappa shape index (κ3) is 5.67. The fraction of sp³-hybridized carbons (Fsp3) is 0.115. The van der Waals surface area contributed by atoms with E-state index >= 15 is 0 Å². The fourth-order valence-electron chi connectivity index (χ4n) is 3.56. The molecule has 0 saturated carbocycles. The Morgan fingerprint density at radius 1 is 0.838 bits per heavy atom. The molecule has 1 fully saturated rings. The van der Waals surface area contributed by atoms with Gasteiger partial charge < -0.3 is 14.2 Å². The van der Waals surface area contributed by atoms with Gasteiger partial charge in [-0.2, -0.15) is 0 Å². The fourth-order valence-corrected chi connectivity index (χ4v) is 4.09. The number of hydrogen-bond donors (Lipinski definition) is 1. The Morgan fingerprint density at radius 2 is 1.51 bits per heavy atom. The highest BCUT2D eigenvalue weighted by atomic mass is 35.5. The first-order valence-electron chi connectivity index (χ1n) is 10.7. The minimum atomic E-state index is -0.958. The number of anilines is 1. The van der Waals surface area contributed by atoms with E-state index in [1.165, 1.54) is 32.4 Å². The number of rotatable bonds is 7. The predicted octanol–water partition coefficient (Wildman–Crippen LogP) is 5.91. The van der Waals surface area contributed by atoms with Crippen LogP contribution in [0, 0.1) is 0 Å². The largest absolute Gasteiger partial charge is 0.495 e. The lowest BCUT2D eigenvalue weighted by atomic mass is 10.1. The van der Waals surface area contributed by atoms with Gasteiger partial charge in [0.1, 0.15) is 29.4 Å². The zero-order chi connectivity index (χ0) is 26.7. The van der Waals surface area contributed by atoms with Crippen LogP contribution < -0.4 is 24.4 Å². The van der Waals surface area contributed by atoms with Gasteiger partial charge in [-0.05, 0) is 42.0 Å². The Bertz CT molecular complexity index is 1420. The van der Waals surface area contributed by atoms with E-state index in [-0.39, 0.29) is 34.4 Å². The zero-order valence-corrected chi connectivity index (χ0v) is 21.8. The van der Waals surface area contributed by atoms with Gasteiger partial charge >= 0.3 is 6.03 Å². The molecule has 0 aliphatic carbocycles. The van der Waals surface area contributed by atoms with E-state index in [4.69, 9.17) is 49.0 Å². The molecule has 11 heteroatoms. The molecule has 0 bridgehead atoms. The van der Waals surface area contributed by atoms with Gasteiger partial charge in [-0.25, -0.2) is 9.69 Å². The number of carbonyl (C=O) groups is 3. The predicted molar refractivity (Wildman–Crippen MR) is 141 cm³/mol. The van der Waals surface area contributed by atoms with Crippen molar-refractivity contribution >= 4 is 64.4 Å². The number of imide groups is 2. The molecule has 1 N–H and O–H groups in total. The maximum Gasteiger partial charge on any atom is 0.336 e. The van der Waals surface area contributed by atoms with E-state index in [2.05, 4.69) is 5.32 Å². The van der Waals surface area contributed by atoms with E-state index < -0.39 is 17.8 Å². The van der Waals surface area contributed by atoms with Crippen molar-refractivity contribution in [1.29, 1.82) is 0 Å². The number of nitrogens with zero attached hydrogens (tertiary/aromatic N) is 1. The molecule has 0 spiro atoms. The minimum absolute atomic E-state index is 0.0370. The highest BCUT2D eigenvalue weighted by molar-refractivity contribution is 6.40. The number of nitrogens with one attached hydrogen (secondary N) is 1. The molecule has 1 heterocycles. The van der Waals surface area contributed by atoms with Gasteiger partial charge in [0.2, 0.25) is 0 Å². The molecule has 4 amide bonds. The van der Waals surface area contributed by atoms with Gasteiger partial charge in [0, 0.05) is 27.7 Å². The second-order valence-electron chi connectivity index (χ2n) is 7.71. The Hall–Kier alpha value is -3.72. The highest BCUT2D eigenvalue weighted by Crippen LogP contribution is 2.39. The topological polar surface area (TPSA) is 94.2 Å². The molecular formula is C26H19Cl3N2O6. The SMILES string of the molecule is COc1cc(N2C(=O)NC(=O)/C(=C\c3cc(Cl)ccc3OCc3ccc(Cl)cc3)C2=O)c(OC)cc1Cl. The van der Waals surface area contributed by atoms with Gasteiger partial charge in [-0.3, -0.25) is 14.9 Å². The van der Waals surface area contributed by atoms with Crippen LogP contribution in [0.4, 0.5) is 10.5 Å². The molecular weight excluding hydrogens is 543 g/mol. The summed E-state index contributed by atoms with van der Waals surface area (Å²) >= 11 is 18.3. The van der Waals surface area contributed by atoms with Crippen molar-refractivity contribution in [3.8, 4) is 17.2 Å². The molecule has 3 aromatic rings. The Balaban J connectivity index is 1.72. The van der Waals surface area contributed by atoms with Crippen LogP contribution in [0.5, 0.6) is 17.2 Å². The van der Waals surface area contributed by atoms with Crippen molar-refractivity contribution < 1.29 is 28.6 Å². The van der Waals surface area contributed by atoms with Crippen LogP contribution in [0.25, 0.3) is 6.08 Å². The number of halogens is 3. The third-order valence-electron chi connectivity index (χ3n) is 5.38. The average molecular weight is 562 g/mol. The molecule has 0 radical (unpaired) electrons. The van der Waals surface area contributed by atoms with Crippen LogP contribution in [0.15, 0.2) is 60.2 Å². The van der Waals surface area contributed by atoms with Crippen LogP contribution in [0.2, 0.25) is 15.1 Å². The maximum absolute atomic E-state index is 13.5. The molecule has 1 saturated heterocycles. The molecule has 1 aliphatic heterocycles. The third-order valence-corrected chi connectivity index (χ3v) is 6.16. The lowest BCUT2D eigenvalue weighted by molar-refractivity contribution is -0.122. The summed E-state index contributed by atoms with van der Waals surface area (Å²) in [6.07, 6.45) is 1.31. The monoisotopic (exact) mass is 560 g/mol. The van der Waals surface area contributed by atoms with E-state index in [9.17, 15) is 14.4 Å². The van der Waals surface area contributed by atoms with Crippen LogP contribution in [0.1, 0.15) is 11.1 Å². The first-order chi connectivity index (χ1) is 17.7. The van der Waals surface area contributed by atoms with Crippen LogP contribution in [-0.4, -0.2) is 32.1 Å². The number of ether oxygens (including phenoxy) is 3. The van der Waals surface area contributed by atoms with Crippen molar-refractivity contribution in [1.82, 2.24) is 5.32 Å². The van der Waals surface area contributed by atoms with Gasteiger partial charge in [0.05, 0.1) is 24.9 Å². The van der Waals surface area contributed by atoms with Crippen molar-refractivity contribution in [3.63, 3.8) is 0 Å². The molecule has 8 nitrogen and oxygen atoms in total. The van der Waals surface area contributed by atoms with Gasteiger partial charge in [0.25, 0.3) is 11.8 Å². The molecule has 0 unspecified atom stereocenters. The Morgan fingerprint density at radius 3 is 2.19 bits per heavy atom. The number of amides is 4. The summed E-state index contributed by atoms with van der Waals surface area (Å²) in [4.78, 5) is 39.7. The highest BCUT2D eigenvalue weighted by Gasteiger charge is 2.39. The Kier molecular flexibility index (Phi) is 7.92. The summed E-state index contributed by atoms with van der Waals surface area (Å²) in [6, 6.07) is 13.7. The molecule has 0 atom stereocenters. The van der Waals surface area contributed by atoms with Crippen molar-refractivity contribution in [3.05, 3.63) is 86.4 Å². The summed E-state index contributed by atoms with van der Waals surface area (Å²) in [7, 11) is 2.74. The Labute approximate surface area is 227 Å². The number of carbonyl (C=O) groups excluding carboxylic acids is 3. The van der Waals surface area contributed by atoms with E-state index in [1.807, 2.05) is 12.1 Å². The van der Waals surface area contributed by atoms with Crippen molar-refractivity contribution in [2.75, 3.05) is 19.1 Å². The zero-order valence-electron chi connectivity index (χ0n) is 19.5. The summed E-state index contributed by atoms with van der Waals surface area (Å²) in [6.45, 7) is 0.196. The minimum Gasteiger partial charge on any atom is -0.495 e. The molecule has 1 aliphatic rings. The molecule has 0 aromatic heterocycles. The number of hydrogen-bond acceptors (Lipinski definition) is 6. The second kappa shape index (κ2) is 11.1. The molecule has 3 aromatic carbocycles. The number of methoxy groups -OCH3 is 2. The molecule has 37 heavy (non-hydrogen) atoms. The maximum atomic E-state index is 13.5. The lowest BCUT2D eigenvalue weighted by Gasteiger charge is -2.28. The second-order valence-corrected chi connectivity index (χ2v) is 8.99. The van der Waals surface area contributed by atoms with E-state index in [0.29, 0.717) is 21.4 Å². The number of barbiturate groups is 1. The first-order valence-corrected chi connectivity index (χ1v) is 11.8. The standard InChI is InChI=1S/C26H19Cl3N2O6/c1-35-22-12-20(23(36-2)11-19(22)29)31-25(33)18(24(32)30-26(31)34)10-15-9-17(28)7-8-21(15)37-13-14-3-5-16(27)6-4-14/h3-12H,13H2,1-2H3,(H,30,32,34)/b18-10+. The number of benzene rings is 3. The smallest absolute Gasteiger partial charge is 0.336 e. The molecule has 190 valence electrons. The van der Waals surface area contributed by atoms with E-state index in [1.54, 1.807) is 30.3 Å².